The average Bonchev–Trinajstić information content (AvgIpc) is 2.20. The van der Waals surface area contributed by atoms with Gasteiger partial charge in [0.25, 0.3) is 5.91 Å². The predicted octanol–water partition coefficient (Wildman–Crippen LogP) is 2.30. The second kappa shape index (κ2) is 7.56. The summed E-state index contributed by atoms with van der Waals surface area (Å²) in [6.45, 7) is 0. The predicted molar refractivity (Wildman–Crippen MR) is 59.2 cm³/mol. The maximum Gasteiger partial charge on any atom is 0.277 e. The molecule has 0 aromatic heterocycles. The Bertz CT molecular complexity index is 359. The molecule has 0 saturated carbocycles. The molecular weight excluding hydrogens is 285 g/mol. The molecule has 0 atom stereocenters. The number of benzene rings is 1. The smallest absolute Gasteiger partial charge is 0.277 e. The number of nitrogens with zero attached hydrogens (tertiary/aromatic N) is 1. The van der Waals surface area contributed by atoms with E-state index in [1.807, 2.05) is 0 Å². The molecule has 1 rings (SSSR count). The Kier molecular flexibility index (Phi) is 8.37. The van der Waals surface area contributed by atoms with Crippen molar-refractivity contribution < 1.29 is 42.3 Å². The SMILES string of the molecule is CON(C)C(=O)c1ccc(N)c([NH-])c1.[NH2-].[Y]. The topological polar surface area (TPSA) is 113 Å². The summed E-state index contributed by atoms with van der Waals surface area (Å²) in [4.78, 5) is 16.2. The normalized spacial score (nSPS) is 8.62. The van der Waals surface area contributed by atoms with Crippen LogP contribution in [-0.4, -0.2) is 25.1 Å². The molecule has 1 amide bonds. The molecule has 87 valence electrons. The van der Waals surface area contributed by atoms with Crippen molar-refractivity contribution in [1.29, 1.82) is 0 Å². The minimum absolute atomic E-state index is 0. The van der Waals surface area contributed by atoms with Crippen molar-refractivity contribution in [2.24, 2.45) is 0 Å². The number of nitrogens with two attached hydrogens (primary N) is 2. The Morgan fingerprint density at radius 2 is 2.06 bits per heavy atom. The Labute approximate surface area is 120 Å². The van der Waals surface area contributed by atoms with E-state index >= 15 is 0 Å². The summed E-state index contributed by atoms with van der Waals surface area (Å²) in [6.07, 6.45) is 0. The molecule has 16 heavy (non-hydrogen) atoms. The zero-order chi connectivity index (χ0) is 10.7. The summed E-state index contributed by atoms with van der Waals surface area (Å²) in [7, 11) is 2.90. The second-order valence-electron chi connectivity index (χ2n) is 2.79. The van der Waals surface area contributed by atoms with Gasteiger partial charge < -0.3 is 17.6 Å². The molecule has 1 radical (unpaired) electrons. The van der Waals surface area contributed by atoms with Crippen molar-refractivity contribution in [2.45, 2.75) is 0 Å². The minimum atomic E-state index is -0.305. The number of carbonyl (C=O) groups excluding carboxylic acids is 1. The van der Waals surface area contributed by atoms with E-state index < -0.39 is 0 Å². The van der Waals surface area contributed by atoms with E-state index in [4.69, 9.17) is 16.3 Å². The minimum Gasteiger partial charge on any atom is -0.697 e. The molecule has 7 heteroatoms. The van der Waals surface area contributed by atoms with Crippen LogP contribution >= 0.6 is 0 Å². The number of hydrogen-bond donors (Lipinski definition) is 1. The first-order valence-electron chi connectivity index (χ1n) is 3.99. The molecule has 6 nitrogen and oxygen atoms in total. The van der Waals surface area contributed by atoms with Crippen LogP contribution in [0.4, 0.5) is 11.4 Å². The van der Waals surface area contributed by atoms with Gasteiger partial charge in [0.1, 0.15) is 0 Å². The summed E-state index contributed by atoms with van der Waals surface area (Å²) in [5.41, 5.74) is 13.7. The summed E-state index contributed by atoms with van der Waals surface area (Å²) < 4.78 is 0. The fourth-order valence-corrected chi connectivity index (χ4v) is 0.954. The third-order valence-corrected chi connectivity index (χ3v) is 1.86. The van der Waals surface area contributed by atoms with E-state index in [1.54, 1.807) is 6.07 Å². The Hall–Kier alpha value is -0.686. The van der Waals surface area contributed by atoms with Gasteiger partial charge in [-0.15, -0.1) is 5.69 Å². The van der Waals surface area contributed by atoms with Gasteiger partial charge in [0.05, 0.1) is 7.11 Å². The van der Waals surface area contributed by atoms with E-state index in [2.05, 4.69) is 0 Å². The van der Waals surface area contributed by atoms with Gasteiger partial charge >= 0.3 is 0 Å². The van der Waals surface area contributed by atoms with Crippen molar-refractivity contribution in [3.8, 4) is 0 Å². The molecule has 0 unspecified atom stereocenters. The molecular formula is C9H14N4O2Y-2. The van der Waals surface area contributed by atoms with Crippen molar-refractivity contribution >= 4 is 17.3 Å². The first-order chi connectivity index (χ1) is 6.56. The number of rotatable bonds is 2. The van der Waals surface area contributed by atoms with Crippen LogP contribution in [0.1, 0.15) is 10.4 Å². The second-order valence-corrected chi connectivity index (χ2v) is 2.79. The van der Waals surface area contributed by atoms with Gasteiger partial charge in [0.15, 0.2) is 0 Å². The summed E-state index contributed by atoms with van der Waals surface area (Å²) >= 11 is 0. The van der Waals surface area contributed by atoms with Crippen LogP contribution in [0.15, 0.2) is 18.2 Å². The van der Waals surface area contributed by atoms with Crippen molar-refractivity contribution in [1.82, 2.24) is 5.06 Å². The number of anilines is 1. The van der Waals surface area contributed by atoms with Gasteiger partial charge in [-0.3, -0.25) is 9.63 Å². The molecule has 0 aliphatic carbocycles. The molecule has 0 bridgehead atoms. The van der Waals surface area contributed by atoms with Crippen LogP contribution in [0.3, 0.4) is 0 Å². The van der Waals surface area contributed by atoms with Crippen LogP contribution in [0.5, 0.6) is 0 Å². The Morgan fingerprint density at radius 3 is 2.50 bits per heavy atom. The zero-order valence-corrected chi connectivity index (χ0v) is 12.1. The van der Waals surface area contributed by atoms with E-state index in [0.29, 0.717) is 11.3 Å². The van der Waals surface area contributed by atoms with Crippen LogP contribution in [0, 0.1) is 0 Å². The van der Waals surface area contributed by atoms with E-state index in [-0.39, 0.29) is 50.5 Å². The third-order valence-electron chi connectivity index (χ3n) is 1.86. The molecule has 0 fully saturated rings. The zero-order valence-electron chi connectivity index (χ0n) is 9.23. The van der Waals surface area contributed by atoms with E-state index in [0.717, 1.165) is 5.06 Å². The molecule has 1 aromatic carbocycles. The molecule has 0 heterocycles. The first kappa shape index (κ1) is 17.7. The van der Waals surface area contributed by atoms with Crippen LogP contribution < -0.4 is 5.73 Å². The number of amides is 1. The number of hydroxylamine groups is 2. The number of nitrogens with one attached hydrogen (secondary N) is 1. The average molecular weight is 299 g/mol. The summed E-state index contributed by atoms with van der Waals surface area (Å²) in [5.74, 6) is -0.305. The first-order valence-corrected chi connectivity index (χ1v) is 3.99. The molecule has 1 aromatic rings. The van der Waals surface area contributed by atoms with Crippen LogP contribution in [0.2, 0.25) is 0 Å². The fourth-order valence-electron chi connectivity index (χ4n) is 0.954. The monoisotopic (exact) mass is 299 g/mol. The van der Waals surface area contributed by atoms with Gasteiger partial charge in [-0.2, -0.15) is 0 Å². The van der Waals surface area contributed by atoms with Crippen molar-refractivity contribution in [3.63, 3.8) is 0 Å². The van der Waals surface area contributed by atoms with Gasteiger partial charge in [-0.1, -0.05) is 6.07 Å². The van der Waals surface area contributed by atoms with Crippen molar-refractivity contribution in [3.05, 3.63) is 35.6 Å². The molecule has 0 aliphatic rings. The Morgan fingerprint density at radius 1 is 1.50 bits per heavy atom. The molecule has 0 spiro atoms. The molecule has 0 aliphatic heterocycles. The summed E-state index contributed by atoms with van der Waals surface area (Å²) in [6, 6.07) is 4.50. The maximum absolute atomic E-state index is 11.5. The summed E-state index contributed by atoms with van der Waals surface area (Å²) in [5, 5.41) is 1.09. The van der Waals surface area contributed by atoms with Crippen molar-refractivity contribution in [2.75, 3.05) is 19.9 Å². The molecule has 5 N–H and O–H groups in total. The van der Waals surface area contributed by atoms with E-state index in [9.17, 15) is 4.79 Å². The largest absolute Gasteiger partial charge is 0.697 e. The third kappa shape index (κ3) is 4.05. The fraction of sp³-hybridized carbons (Fsp3) is 0.222. The van der Waals surface area contributed by atoms with Gasteiger partial charge in [0.2, 0.25) is 0 Å². The quantitative estimate of drug-likeness (QED) is 0.667. The van der Waals surface area contributed by atoms with Gasteiger partial charge in [0, 0.05) is 51.0 Å². The Balaban J connectivity index is 0. The van der Waals surface area contributed by atoms with Crippen LogP contribution in [0.25, 0.3) is 11.9 Å². The maximum atomic E-state index is 11.5. The molecule has 0 saturated heterocycles. The van der Waals surface area contributed by atoms with Crippen LogP contribution in [-0.2, 0) is 37.5 Å². The number of carbonyl (C=O) groups is 1. The standard InChI is InChI=1S/C9H12N3O2.H2N.Y/c1-12(14-2)9(13)6-3-4-7(10)8(11)5-6;;/h3-5,11H,1-2H3,(H2,10,13);1H2;/q2*-1;. The van der Waals surface area contributed by atoms with E-state index in [1.165, 1.54) is 26.3 Å². The number of nitrogen functional groups attached to an aromatic ring is 1. The van der Waals surface area contributed by atoms with Gasteiger partial charge in [-0.25, -0.2) is 5.06 Å². The number of hydrogen-bond acceptors (Lipinski definition) is 3. The van der Waals surface area contributed by atoms with Gasteiger partial charge in [-0.05, 0) is 12.1 Å².